The topological polar surface area (TPSA) is 41.1 Å². The highest BCUT2D eigenvalue weighted by atomic mass is 16.1. The van der Waals surface area contributed by atoms with Crippen LogP contribution >= 0.6 is 0 Å². The fraction of sp³-hybridized carbons (Fsp3) is 0.278. The molecular formula is C18H22N2O. The summed E-state index contributed by atoms with van der Waals surface area (Å²) >= 11 is 0. The van der Waals surface area contributed by atoms with Crippen molar-refractivity contribution in [2.75, 3.05) is 17.2 Å². The van der Waals surface area contributed by atoms with E-state index >= 15 is 0 Å². The summed E-state index contributed by atoms with van der Waals surface area (Å²) in [6, 6.07) is 11.9. The molecule has 2 aromatic rings. The number of carbonyl (C=O) groups is 1. The van der Waals surface area contributed by atoms with Gasteiger partial charge in [0.25, 0.3) is 5.91 Å². The summed E-state index contributed by atoms with van der Waals surface area (Å²) in [7, 11) is 0. The van der Waals surface area contributed by atoms with Crippen LogP contribution in [0.25, 0.3) is 0 Å². The molecule has 1 amide bonds. The van der Waals surface area contributed by atoms with Gasteiger partial charge in [0, 0.05) is 17.9 Å². The third-order valence-electron chi connectivity index (χ3n) is 3.42. The van der Waals surface area contributed by atoms with Gasteiger partial charge in [-0.1, -0.05) is 29.3 Å². The lowest BCUT2D eigenvalue weighted by Gasteiger charge is -2.13. The lowest BCUT2D eigenvalue weighted by molar-refractivity contribution is 0.102. The van der Waals surface area contributed by atoms with Crippen LogP contribution in [0.3, 0.4) is 0 Å². The van der Waals surface area contributed by atoms with E-state index in [2.05, 4.69) is 16.7 Å². The van der Waals surface area contributed by atoms with E-state index < -0.39 is 0 Å². The van der Waals surface area contributed by atoms with E-state index in [0.29, 0.717) is 5.56 Å². The Morgan fingerprint density at radius 2 is 1.57 bits per heavy atom. The van der Waals surface area contributed by atoms with Crippen LogP contribution in [0.4, 0.5) is 11.4 Å². The van der Waals surface area contributed by atoms with Crippen LogP contribution in [0.2, 0.25) is 0 Å². The van der Waals surface area contributed by atoms with Crippen molar-refractivity contribution in [3.63, 3.8) is 0 Å². The van der Waals surface area contributed by atoms with E-state index in [1.165, 1.54) is 5.56 Å². The molecule has 0 saturated heterocycles. The number of anilines is 2. The Hall–Kier alpha value is -2.29. The highest BCUT2D eigenvalue weighted by Gasteiger charge is 2.12. The lowest BCUT2D eigenvalue weighted by Crippen LogP contribution is -2.15. The van der Waals surface area contributed by atoms with Gasteiger partial charge in [0.15, 0.2) is 0 Å². The van der Waals surface area contributed by atoms with E-state index in [9.17, 15) is 4.79 Å². The number of hydrogen-bond donors (Lipinski definition) is 2. The minimum atomic E-state index is -0.0818. The summed E-state index contributed by atoms with van der Waals surface area (Å²) in [4.78, 5) is 12.5. The number of carbonyl (C=O) groups excluding carboxylic acids is 1. The maximum absolute atomic E-state index is 12.5. The summed E-state index contributed by atoms with van der Waals surface area (Å²) in [5.74, 6) is -0.0818. The quantitative estimate of drug-likeness (QED) is 0.878. The van der Waals surface area contributed by atoms with Crippen LogP contribution in [0.1, 0.15) is 34.0 Å². The Bertz CT molecular complexity index is 662. The van der Waals surface area contributed by atoms with E-state index in [-0.39, 0.29) is 5.91 Å². The van der Waals surface area contributed by atoms with Crippen molar-refractivity contribution in [2.45, 2.75) is 27.7 Å². The van der Waals surface area contributed by atoms with Gasteiger partial charge in [-0.3, -0.25) is 4.79 Å². The average molecular weight is 282 g/mol. The lowest BCUT2D eigenvalue weighted by atomic mass is 10.1. The third kappa shape index (κ3) is 3.63. The Labute approximate surface area is 126 Å². The highest BCUT2D eigenvalue weighted by Crippen LogP contribution is 2.21. The van der Waals surface area contributed by atoms with Gasteiger partial charge in [0.05, 0.1) is 5.56 Å². The smallest absolute Gasteiger partial charge is 0.257 e. The van der Waals surface area contributed by atoms with Crippen LogP contribution in [0.15, 0.2) is 36.4 Å². The molecule has 0 radical (unpaired) electrons. The van der Waals surface area contributed by atoms with Gasteiger partial charge in [-0.05, 0) is 51.5 Å². The van der Waals surface area contributed by atoms with E-state index in [1.807, 2.05) is 58.0 Å². The predicted molar refractivity (Wildman–Crippen MR) is 89.2 cm³/mol. The third-order valence-corrected chi connectivity index (χ3v) is 3.42. The van der Waals surface area contributed by atoms with Crippen molar-refractivity contribution >= 4 is 17.3 Å². The molecule has 21 heavy (non-hydrogen) atoms. The first-order valence-electron chi connectivity index (χ1n) is 7.24. The number of aryl methyl sites for hydroxylation is 3. The summed E-state index contributed by atoms with van der Waals surface area (Å²) in [5, 5.41) is 6.23. The molecule has 0 unspecified atom stereocenters. The SMILES string of the molecule is CCNc1ccc(C)cc1C(=O)Nc1ccc(C)cc1C. The van der Waals surface area contributed by atoms with Crippen molar-refractivity contribution in [3.05, 3.63) is 58.7 Å². The Kier molecular flexibility index (Phi) is 4.63. The van der Waals surface area contributed by atoms with Crippen molar-refractivity contribution in [1.82, 2.24) is 0 Å². The highest BCUT2D eigenvalue weighted by molar-refractivity contribution is 6.08. The standard InChI is InChI=1S/C18H22N2O/c1-5-19-17-9-7-13(3)11-15(17)18(21)20-16-8-6-12(2)10-14(16)4/h6-11,19H,5H2,1-4H3,(H,20,21). The number of benzene rings is 2. The van der Waals surface area contributed by atoms with Gasteiger partial charge >= 0.3 is 0 Å². The second-order valence-electron chi connectivity index (χ2n) is 5.35. The monoisotopic (exact) mass is 282 g/mol. The molecule has 3 heteroatoms. The molecule has 2 N–H and O–H groups in total. The second-order valence-corrected chi connectivity index (χ2v) is 5.35. The largest absolute Gasteiger partial charge is 0.385 e. The van der Waals surface area contributed by atoms with Gasteiger partial charge in [-0.25, -0.2) is 0 Å². The van der Waals surface area contributed by atoms with Crippen molar-refractivity contribution in [2.24, 2.45) is 0 Å². The second kappa shape index (κ2) is 6.44. The molecule has 3 nitrogen and oxygen atoms in total. The number of amides is 1. The molecular weight excluding hydrogens is 260 g/mol. The summed E-state index contributed by atoms with van der Waals surface area (Å²) in [6.45, 7) is 8.84. The van der Waals surface area contributed by atoms with E-state index in [4.69, 9.17) is 0 Å². The Morgan fingerprint density at radius 3 is 2.19 bits per heavy atom. The van der Waals surface area contributed by atoms with Gasteiger partial charge in [0.1, 0.15) is 0 Å². The zero-order chi connectivity index (χ0) is 15.4. The molecule has 0 aliphatic carbocycles. The van der Waals surface area contributed by atoms with Crippen LogP contribution in [-0.4, -0.2) is 12.5 Å². The molecule has 0 saturated carbocycles. The molecule has 2 aromatic carbocycles. The van der Waals surface area contributed by atoms with Gasteiger partial charge in [0.2, 0.25) is 0 Å². The van der Waals surface area contributed by atoms with Crippen LogP contribution < -0.4 is 10.6 Å². The first-order valence-corrected chi connectivity index (χ1v) is 7.24. The Balaban J connectivity index is 2.29. The first kappa shape index (κ1) is 15.1. The normalized spacial score (nSPS) is 10.3. The maximum atomic E-state index is 12.5. The molecule has 0 fully saturated rings. The summed E-state index contributed by atoms with van der Waals surface area (Å²) in [5.41, 5.74) is 5.73. The maximum Gasteiger partial charge on any atom is 0.257 e. The van der Waals surface area contributed by atoms with Crippen LogP contribution in [0, 0.1) is 20.8 Å². The molecule has 0 spiro atoms. The average Bonchev–Trinajstić information content (AvgIpc) is 2.44. The molecule has 0 aliphatic rings. The van der Waals surface area contributed by atoms with E-state index in [1.54, 1.807) is 0 Å². The summed E-state index contributed by atoms with van der Waals surface area (Å²) in [6.07, 6.45) is 0. The van der Waals surface area contributed by atoms with Crippen molar-refractivity contribution in [1.29, 1.82) is 0 Å². The van der Waals surface area contributed by atoms with Crippen molar-refractivity contribution < 1.29 is 4.79 Å². The molecule has 0 heterocycles. The fourth-order valence-electron chi connectivity index (χ4n) is 2.33. The van der Waals surface area contributed by atoms with Crippen LogP contribution in [-0.2, 0) is 0 Å². The molecule has 110 valence electrons. The molecule has 2 rings (SSSR count). The number of hydrogen-bond acceptors (Lipinski definition) is 2. The zero-order valence-electron chi connectivity index (χ0n) is 13.1. The van der Waals surface area contributed by atoms with Gasteiger partial charge in [-0.15, -0.1) is 0 Å². The number of nitrogens with one attached hydrogen (secondary N) is 2. The Morgan fingerprint density at radius 1 is 0.952 bits per heavy atom. The molecule has 0 atom stereocenters. The fourth-order valence-corrected chi connectivity index (χ4v) is 2.33. The van der Waals surface area contributed by atoms with E-state index in [0.717, 1.165) is 29.0 Å². The van der Waals surface area contributed by atoms with Crippen molar-refractivity contribution in [3.8, 4) is 0 Å². The van der Waals surface area contributed by atoms with Gasteiger partial charge < -0.3 is 10.6 Å². The minimum Gasteiger partial charge on any atom is -0.385 e. The van der Waals surface area contributed by atoms with Crippen LogP contribution in [0.5, 0.6) is 0 Å². The first-order chi connectivity index (χ1) is 10.0. The molecule has 0 bridgehead atoms. The predicted octanol–water partition coefficient (Wildman–Crippen LogP) is 4.30. The number of rotatable bonds is 4. The molecule has 0 aromatic heterocycles. The minimum absolute atomic E-state index is 0.0818. The van der Waals surface area contributed by atoms with Gasteiger partial charge in [-0.2, -0.15) is 0 Å². The zero-order valence-corrected chi connectivity index (χ0v) is 13.1. The summed E-state index contributed by atoms with van der Waals surface area (Å²) < 4.78 is 0. The molecule has 0 aliphatic heterocycles.